The molecule has 1 atom stereocenters. The summed E-state index contributed by atoms with van der Waals surface area (Å²) in [6, 6.07) is 10.6. The average molecular weight is 315 g/mol. The number of fused-ring (bicyclic) bond motifs is 1. The highest BCUT2D eigenvalue weighted by Gasteiger charge is 2.28. The Kier molecular flexibility index (Phi) is 3.97. The second kappa shape index (κ2) is 6.08. The van der Waals surface area contributed by atoms with Gasteiger partial charge < -0.3 is 24.3 Å². The molecule has 6 nitrogen and oxygen atoms in total. The van der Waals surface area contributed by atoms with Crippen molar-refractivity contribution in [2.24, 2.45) is 0 Å². The molecule has 0 saturated heterocycles. The number of rotatable bonds is 4. The molecule has 1 amide bonds. The van der Waals surface area contributed by atoms with E-state index in [0.717, 1.165) is 0 Å². The van der Waals surface area contributed by atoms with E-state index < -0.39 is 6.23 Å². The molecule has 0 bridgehead atoms. The third-order valence-electron chi connectivity index (χ3n) is 3.63. The molecule has 2 aromatic rings. The monoisotopic (exact) mass is 315 g/mol. The minimum atomic E-state index is -0.633. The highest BCUT2D eigenvalue weighted by atomic mass is 16.5. The molecular weight excluding hydrogens is 298 g/mol. The van der Waals surface area contributed by atoms with E-state index in [1.165, 1.54) is 21.3 Å². The van der Waals surface area contributed by atoms with Crippen LogP contribution in [0.5, 0.6) is 23.0 Å². The van der Waals surface area contributed by atoms with Crippen molar-refractivity contribution >= 4 is 5.91 Å². The predicted molar refractivity (Wildman–Crippen MR) is 83.4 cm³/mol. The highest BCUT2D eigenvalue weighted by molar-refractivity contribution is 5.98. The summed E-state index contributed by atoms with van der Waals surface area (Å²) in [7, 11) is 4.61. The van der Waals surface area contributed by atoms with Gasteiger partial charge in [-0.05, 0) is 24.3 Å². The van der Waals surface area contributed by atoms with Gasteiger partial charge in [0.1, 0.15) is 5.75 Å². The van der Waals surface area contributed by atoms with E-state index in [4.69, 9.17) is 18.9 Å². The van der Waals surface area contributed by atoms with Crippen LogP contribution in [0.1, 0.15) is 22.1 Å². The summed E-state index contributed by atoms with van der Waals surface area (Å²) in [5, 5.41) is 2.82. The number of para-hydroxylation sites is 1. The molecule has 0 fully saturated rings. The molecule has 120 valence electrons. The highest BCUT2D eigenvalue weighted by Crippen LogP contribution is 2.40. The van der Waals surface area contributed by atoms with Gasteiger partial charge in [-0.1, -0.05) is 12.1 Å². The van der Waals surface area contributed by atoms with E-state index in [0.29, 0.717) is 34.1 Å². The summed E-state index contributed by atoms with van der Waals surface area (Å²) in [6.45, 7) is 0. The standard InChI is InChI=1S/C17H17NO5/c1-20-13-8-10(9-14(21-2)15(13)22-3)17-18-16(19)11-6-4-5-7-12(11)23-17/h4-9,17H,1-3H3,(H,18,19)/t17-/m1/s1. The first kappa shape index (κ1) is 15.0. The van der Waals surface area contributed by atoms with Crippen molar-refractivity contribution in [3.8, 4) is 23.0 Å². The van der Waals surface area contributed by atoms with E-state index in [2.05, 4.69) is 5.32 Å². The van der Waals surface area contributed by atoms with Crippen LogP contribution in [-0.4, -0.2) is 27.2 Å². The molecule has 0 aliphatic carbocycles. The molecule has 6 heteroatoms. The van der Waals surface area contributed by atoms with Gasteiger partial charge in [0.05, 0.1) is 26.9 Å². The second-order valence-electron chi connectivity index (χ2n) is 4.93. The zero-order chi connectivity index (χ0) is 16.4. The van der Waals surface area contributed by atoms with Crippen molar-refractivity contribution in [3.63, 3.8) is 0 Å². The van der Waals surface area contributed by atoms with Gasteiger partial charge in [0.2, 0.25) is 5.75 Å². The van der Waals surface area contributed by atoms with Crippen LogP contribution < -0.4 is 24.3 Å². The maximum Gasteiger partial charge on any atom is 0.258 e. The summed E-state index contributed by atoms with van der Waals surface area (Å²) in [5.74, 6) is 1.83. The molecular formula is C17H17NO5. The van der Waals surface area contributed by atoms with Crippen molar-refractivity contribution in [1.29, 1.82) is 0 Å². The zero-order valence-corrected chi connectivity index (χ0v) is 13.1. The fourth-order valence-corrected chi connectivity index (χ4v) is 2.51. The number of hydrogen-bond donors (Lipinski definition) is 1. The predicted octanol–water partition coefficient (Wildman–Crippen LogP) is 2.53. The molecule has 1 heterocycles. The van der Waals surface area contributed by atoms with Crippen LogP contribution in [-0.2, 0) is 0 Å². The third-order valence-corrected chi connectivity index (χ3v) is 3.63. The molecule has 2 aromatic carbocycles. The molecule has 0 unspecified atom stereocenters. The van der Waals surface area contributed by atoms with Crippen molar-refractivity contribution < 1.29 is 23.7 Å². The van der Waals surface area contributed by atoms with Gasteiger partial charge in [-0.25, -0.2) is 0 Å². The van der Waals surface area contributed by atoms with Crippen molar-refractivity contribution in [2.45, 2.75) is 6.23 Å². The summed E-state index contributed by atoms with van der Waals surface area (Å²) < 4.78 is 21.8. The van der Waals surface area contributed by atoms with Crippen LogP contribution in [0.4, 0.5) is 0 Å². The van der Waals surface area contributed by atoms with Gasteiger partial charge >= 0.3 is 0 Å². The van der Waals surface area contributed by atoms with Crippen molar-refractivity contribution in [3.05, 3.63) is 47.5 Å². The van der Waals surface area contributed by atoms with Crippen LogP contribution in [0.25, 0.3) is 0 Å². The summed E-state index contributed by atoms with van der Waals surface area (Å²) in [5.41, 5.74) is 1.21. The van der Waals surface area contributed by atoms with Gasteiger partial charge in [0.15, 0.2) is 17.7 Å². The van der Waals surface area contributed by atoms with Gasteiger partial charge in [-0.2, -0.15) is 0 Å². The molecule has 0 radical (unpaired) electrons. The Balaban J connectivity index is 2.01. The number of hydrogen-bond acceptors (Lipinski definition) is 5. The van der Waals surface area contributed by atoms with Crippen LogP contribution in [0.15, 0.2) is 36.4 Å². The van der Waals surface area contributed by atoms with Crippen molar-refractivity contribution in [2.75, 3.05) is 21.3 Å². The number of benzene rings is 2. The van der Waals surface area contributed by atoms with Crippen molar-refractivity contribution in [1.82, 2.24) is 5.32 Å². The van der Waals surface area contributed by atoms with Crippen LogP contribution in [0.3, 0.4) is 0 Å². The quantitative estimate of drug-likeness (QED) is 0.939. The molecule has 1 N–H and O–H groups in total. The largest absolute Gasteiger partial charge is 0.493 e. The number of carbonyl (C=O) groups excluding carboxylic acids is 1. The minimum Gasteiger partial charge on any atom is -0.493 e. The van der Waals surface area contributed by atoms with Crippen LogP contribution in [0.2, 0.25) is 0 Å². The maximum atomic E-state index is 12.2. The van der Waals surface area contributed by atoms with Gasteiger partial charge in [-0.3, -0.25) is 4.79 Å². The maximum absolute atomic E-state index is 12.2. The van der Waals surface area contributed by atoms with E-state index in [1.807, 2.05) is 6.07 Å². The number of ether oxygens (including phenoxy) is 4. The number of nitrogens with one attached hydrogen (secondary N) is 1. The van der Waals surface area contributed by atoms with E-state index in [1.54, 1.807) is 30.3 Å². The van der Waals surface area contributed by atoms with E-state index in [-0.39, 0.29) is 5.91 Å². The number of methoxy groups -OCH3 is 3. The second-order valence-corrected chi connectivity index (χ2v) is 4.93. The first-order valence-corrected chi connectivity index (χ1v) is 7.04. The minimum absolute atomic E-state index is 0.189. The van der Waals surface area contributed by atoms with E-state index in [9.17, 15) is 4.79 Å². The normalized spacial score (nSPS) is 16.0. The fraction of sp³-hybridized carbons (Fsp3) is 0.235. The smallest absolute Gasteiger partial charge is 0.258 e. The summed E-state index contributed by atoms with van der Waals surface area (Å²) >= 11 is 0. The first-order chi connectivity index (χ1) is 11.2. The molecule has 0 saturated carbocycles. The fourth-order valence-electron chi connectivity index (χ4n) is 2.51. The molecule has 0 spiro atoms. The van der Waals surface area contributed by atoms with Crippen LogP contribution >= 0.6 is 0 Å². The molecule has 23 heavy (non-hydrogen) atoms. The lowest BCUT2D eigenvalue weighted by atomic mass is 10.1. The molecule has 1 aliphatic rings. The Labute approximate surface area is 133 Å². The SMILES string of the molecule is COc1cc([C@@H]2NC(=O)c3ccccc3O2)cc(OC)c1OC. The Bertz CT molecular complexity index is 719. The Morgan fingerprint density at radius 2 is 1.65 bits per heavy atom. The van der Waals surface area contributed by atoms with Crippen LogP contribution in [0, 0.1) is 0 Å². The lowest BCUT2D eigenvalue weighted by molar-refractivity contribution is 0.0755. The number of carbonyl (C=O) groups is 1. The Hall–Kier alpha value is -2.89. The topological polar surface area (TPSA) is 66.0 Å². The summed E-state index contributed by atoms with van der Waals surface area (Å²) in [4.78, 5) is 12.2. The Morgan fingerprint density at radius 3 is 2.26 bits per heavy atom. The summed E-state index contributed by atoms with van der Waals surface area (Å²) in [6.07, 6.45) is -0.633. The molecule has 3 rings (SSSR count). The lowest BCUT2D eigenvalue weighted by Gasteiger charge is -2.27. The Morgan fingerprint density at radius 1 is 1.00 bits per heavy atom. The average Bonchev–Trinajstić information content (AvgIpc) is 2.60. The van der Waals surface area contributed by atoms with E-state index >= 15 is 0 Å². The molecule has 0 aromatic heterocycles. The van der Waals surface area contributed by atoms with Gasteiger partial charge in [0, 0.05) is 5.56 Å². The third kappa shape index (κ3) is 2.63. The van der Waals surface area contributed by atoms with Gasteiger partial charge in [-0.15, -0.1) is 0 Å². The zero-order valence-electron chi connectivity index (χ0n) is 13.1. The van der Waals surface area contributed by atoms with Gasteiger partial charge in [0.25, 0.3) is 5.91 Å². The lowest BCUT2D eigenvalue weighted by Crippen LogP contribution is -2.36. The number of amides is 1. The first-order valence-electron chi connectivity index (χ1n) is 7.04. The molecule has 1 aliphatic heterocycles.